The van der Waals surface area contributed by atoms with Crippen LogP contribution in [0, 0.1) is 0 Å². The molecule has 2 aliphatic rings. The minimum Gasteiger partial charge on any atom is -0.495 e. The van der Waals surface area contributed by atoms with Crippen molar-refractivity contribution in [1.82, 2.24) is 15.5 Å². The highest BCUT2D eigenvalue weighted by atomic mass is 32.1. The van der Waals surface area contributed by atoms with Crippen molar-refractivity contribution < 1.29 is 4.74 Å². The van der Waals surface area contributed by atoms with Crippen molar-refractivity contribution in [2.24, 2.45) is 4.99 Å². The number of benzene rings is 1. The first-order valence-electron chi connectivity index (χ1n) is 10.8. The van der Waals surface area contributed by atoms with Crippen LogP contribution in [0.2, 0.25) is 0 Å². The van der Waals surface area contributed by atoms with Gasteiger partial charge in [-0.25, -0.2) is 0 Å². The molecule has 7 heteroatoms. The Morgan fingerprint density at radius 3 is 3.00 bits per heavy atom. The number of methoxy groups -OCH3 is 1. The molecular weight excluding hydrogens is 394 g/mol. The summed E-state index contributed by atoms with van der Waals surface area (Å²) in [6, 6.07) is 11.4. The van der Waals surface area contributed by atoms with Gasteiger partial charge in [-0.1, -0.05) is 12.1 Å². The molecule has 2 unspecified atom stereocenters. The second kappa shape index (κ2) is 9.71. The van der Waals surface area contributed by atoms with Crippen molar-refractivity contribution >= 4 is 23.0 Å². The molecule has 6 nitrogen and oxygen atoms in total. The molecule has 1 aromatic heterocycles. The van der Waals surface area contributed by atoms with Gasteiger partial charge in [0.2, 0.25) is 0 Å². The number of rotatable bonds is 6. The zero-order valence-electron chi connectivity index (χ0n) is 18.2. The van der Waals surface area contributed by atoms with Crippen molar-refractivity contribution in [2.75, 3.05) is 45.2 Å². The lowest BCUT2D eigenvalue weighted by atomic mass is 10.1. The SMILES string of the molecule is CN=C(NCC(C)N1CCc2sccc2C1)NC1CCN(c2ccccc2OC)C1. The van der Waals surface area contributed by atoms with Crippen LogP contribution in [-0.4, -0.2) is 63.3 Å². The van der Waals surface area contributed by atoms with E-state index in [4.69, 9.17) is 4.74 Å². The van der Waals surface area contributed by atoms with Crippen molar-refractivity contribution in [1.29, 1.82) is 0 Å². The molecule has 4 rings (SSSR count). The molecule has 2 aromatic rings. The Kier molecular flexibility index (Phi) is 6.79. The molecule has 162 valence electrons. The van der Waals surface area contributed by atoms with Crippen LogP contribution in [-0.2, 0) is 13.0 Å². The first kappa shape index (κ1) is 21.0. The van der Waals surface area contributed by atoms with Gasteiger partial charge in [0.1, 0.15) is 5.75 Å². The highest BCUT2D eigenvalue weighted by molar-refractivity contribution is 7.10. The molecule has 0 saturated carbocycles. The lowest BCUT2D eigenvalue weighted by Crippen LogP contribution is -2.49. The average molecular weight is 428 g/mol. The second-order valence-corrected chi connectivity index (χ2v) is 9.14. The fourth-order valence-electron chi connectivity index (χ4n) is 4.40. The quantitative estimate of drug-likeness (QED) is 0.548. The zero-order chi connectivity index (χ0) is 20.9. The van der Waals surface area contributed by atoms with Gasteiger partial charge in [-0.3, -0.25) is 9.89 Å². The maximum absolute atomic E-state index is 5.53. The molecule has 0 spiro atoms. The molecule has 0 radical (unpaired) electrons. The molecule has 30 heavy (non-hydrogen) atoms. The summed E-state index contributed by atoms with van der Waals surface area (Å²) in [5.41, 5.74) is 2.67. The first-order chi connectivity index (χ1) is 14.7. The van der Waals surface area contributed by atoms with Gasteiger partial charge < -0.3 is 20.3 Å². The first-order valence-corrected chi connectivity index (χ1v) is 11.7. The smallest absolute Gasteiger partial charge is 0.191 e. The summed E-state index contributed by atoms with van der Waals surface area (Å²) >= 11 is 1.90. The molecule has 0 bridgehead atoms. The molecule has 1 fully saturated rings. The van der Waals surface area contributed by atoms with Crippen LogP contribution in [0.4, 0.5) is 5.69 Å². The fraction of sp³-hybridized carbons (Fsp3) is 0.522. The van der Waals surface area contributed by atoms with Crippen LogP contribution < -0.4 is 20.3 Å². The third kappa shape index (κ3) is 4.73. The number of nitrogens with one attached hydrogen (secondary N) is 2. The van der Waals surface area contributed by atoms with E-state index in [1.165, 1.54) is 17.7 Å². The van der Waals surface area contributed by atoms with E-state index < -0.39 is 0 Å². The van der Waals surface area contributed by atoms with E-state index in [1.807, 2.05) is 30.5 Å². The lowest BCUT2D eigenvalue weighted by Gasteiger charge is -2.33. The molecule has 1 aromatic carbocycles. The van der Waals surface area contributed by atoms with Crippen LogP contribution in [0.15, 0.2) is 40.7 Å². The van der Waals surface area contributed by atoms with Gasteiger partial charge in [0.25, 0.3) is 0 Å². The largest absolute Gasteiger partial charge is 0.495 e. The van der Waals surface area contributed by atoms with Crippen LogP contribution in [0.1, 0.15) is 23.8 Å². The number of anilines is 1. The van der Waals surface area contributed by atoms with E-state index in [0.717, 1.165) is 50.9 Å². The summed E-state index contributed by atoms with van der Waals surface area (Å²) < 4.78 is 5.53. The van der Waals surface area contributed by atoms with E-state index >= 15 is 0 Å². The molecule has 2 N–H and O–H groups in total. The summed E-state index contributed by atoms with van der Waals surface area (Å²) in [7, 11) is 3.59. The highest BCUT2D eigenvalue weighted by Crippen LogP contribution is 2.30. The van der Waals surface area contributed by atoms with Crippen molar-refractivity contribution in [3.05, 3.63) is 46.2 Å². The number of aliphatic imine (C=N–C) groups is 1. The lowest BCUT2D eigenvalue weighted by molar-refractivity contribution is 0.192. The fourth-order valence-corrected chi connectivity index (χ4v) is 5.29. The summed E-state index contributed by atoms with van der Waals surface area (Å²) in [6.45, 7) is 7.35. The predicted molar refractivity (Wildman–Crippen MR) is 126 cm³/mol. The molecule has 1 saturated heterocycles. The average Bonchev–Trinajstić information content (AvgIpc) is 3.45. The predicted octanol–water partition coefficient (Wildman–Crippen LogP) is 2.95. The Balaban J connectivity index is 1.26. The van der Waals surface area contributed by atoms with Gasteiger partial charge in [-0.15, -0.1) is 11.3 Å². The molecule has 2 aliphatic heterocycles. The maximum atomic E-state index is 5.53. The van der Waals surface area contributed by atoms with Gasteiger partial charge in [0.15, 0.2) is 5.96 Å². The van der Waals surface area contributed by atoms with Crippen LogP contribution >= 0.6 is 11.3 Å². The number of thiophene rings is 1. The molecule has 0 amide bonds. The molecule has 0 aliphatic carbocycles. The number of nitrogens with zero attached hydrogens (tertiary/aromatic N) is 3. The third-order valence-corrected chi connectivity index (χ3v) is 7.23. The minimum atomic E-state index is 0.375. The van der Waals surface area contributed by atoms with E-state index in [2.05, 4.69) is 55.9 Å². The Hall–Kier alpha value is -2.25. The van der Waals surface area contributed by atoms with Crippen LogP contribution in [0.25, 0.3) is 0 Å². The van der Waals surface area contributed by atoms with Gasteiger partial charge in [0.05, 0.1) is 12.8 Å². The normalized spacial score (nSPS) is 20.7. The summed E-state index contributed by atoms with van der Waals surface area (Å²) in [4.78, 5) is 11.0. The van der Waals surface area contributed by atoms with E-state index in [0.29, 0.717) is 12.1 Å². The Morgan fingerprint density at radius 1 is 1.30 bits per heavy atom. The standard InChI is InChI=1S/C23H33N5OS/c1-17(27-12-9-22-18(15-27)10-13-30-22)14-25-23(24-2)26-19-8-11-28(16-19)20-6-4-5-7-21(20)29-3/h4-7,10,13,17,19H,8-9,11-12,14-16H2,1-3H3,(H2,24,25,26). The number of ether oxygens (including phenoxy) is 1. The van der Waals surface area contributed by atoms with E-state index in [-0.39, 0.29) is 0 Å². The minimum absolute atomic E-state index is 0.375. The topological polar surface area (TPSA) is 52.1 Å². The number of guanidine groups is 1. The molecule has 2 atom stereocenters. The Bertz CT molecular complexity index is 867. The number of fused-ring (bicyclic) bond motifs is 1. The van der Waals surface area contributed by atoms with Gasteiger partial charge in [-0.05, 0) is 48.9 Å². The number of hydrogen-bond donors (Lipinski definition) is 2. The van der Waals surface area contributed by atoms with Crippen molar-refractivity contribution in [3.8, 4) is 5.75 Å². The molecular formula is C23H33N5OS. The Morgan fingerprint density at radius 2 is 2.17 bits per heavy atom. The Labute approximate surface area is 183 Å². The summed E-state index contributed by atoms with van der Waals surface area (Å²) in [5, 5.41) is 9.38. The van der Waals surface area contributed by atoms with Crippen LogP contribution in [0.3, 0.4) is 0 Å². The van der Waals surface area contributed by atoms with Gasteiger partial charge in [-0.2, -0.15) is 0 Å². The number of para-hydroxylation sites is 2. The van der Waals surface area contributed by atoms with Crippen molar-refractivity contribution in [2.45, 2.75) is 38.4 Å². The van der Waals surface area contributed by atoms with E-state index in [1.54, 1.807) is 12.0 Å². The summed E-state index contributed by atoms with van der Waals surface area (Å²) in [5.74, 6) is 1.83. The summed E-state index contributed by atoms with van der Waals surface area (Å²) in [6.07, 6.45) is 2.26. The molecule has 3 heterocycles. The maximum Gasteiger partial charge on any atom is 0.191 e. The highest BCUT2D eigenvalue weighted by Gasteiger charge is 2.26. The monoisotopic (exact) mass is 427 g/mol. The number of hydrogen-bond acceptors (Lipinski definition) is 5. The van der Waals surface area contributed by atoms with Crippen molar-refractivity contribution in [3.63, 3.8) is 0 Å². The van der Waals surface area contributed by atoms with Gasteiger partial charge in [0, 0.05) is 56.7 Å². The van der Waals surface area contributed by atoms with E-state index in [9.17, 15) is 0 Å². The van der Waals surface area contributed by atoms with Crippen LogP contribution in [0.5, 0.6) is 5.75 Å². The van der Waals surface area contributed by atoms with Gasteiger partial charge >= 0.3 is 0 Å². The third-order valence-electron chi connectivity index (χ3n) is 6.20. The zero-order valence-corrected chi connectivity index (χ0v) is 19.0. The second-order valence-electron chi connectivity index (χ2n) is 8.14.